The van der Waals surface area contributed by atoms with Crippen LogP contribution in [0.5, 0.6) is 28.7 Å². The molecule has 19 rings (SSSR count). The molecule has 0 atom stereocenters. The van der Waals surface area contributed by atoms with E-state index in [1.807, 2.05) is 64.1 Å². The standard InChI is InChI=1S/C32H35O2S.C22H20O3S.C21H21OS.C20H18OS.C19H17OS/c1-22-13-29(35(27-9-5-3-6-10-27)28-11-7-4-8-12-28)14-23(2)31(22)34-30(33)21-32-18-24-15-25(19-32)17-26(16-24)20-32;1-16-13-20(14-17(2)22(16)25-15-21(23)24)26(18-9-5-3-6-10-18)19-11-7-4-8-12-19;1-16-14-20(15-17(2)21(16)22-3)23(18-10-6-4-7-11-18)19-12-8-5-9-13-19;1-15-13-19(14-16(2)20(15)21)22(17-9-5-3-6-10-17)18-11-7-4-8-12-18;1-20-16-12-14-19(15-13-16)21(17-8-4-2-5-9-17)18-10-6-3-7-11-18/h3-14,24-26H,15-21H2,1-2H3;3-14H,15H2,1-2H3;4-15H,1-3H3;3-14H,1-2H3;2-15H,1H3/q+1;;+1;;+1/p+2. The first kappa shape index (κ1) is 91.4. The smallest absolute Gasteiger partial charge is 0.341 e. The molecule has 15 aromatic carbocycles. The van der Waals surface area contributed by atoms with E-state index in [1.165, 1.54) is 123 Å². The van der Waals surface area contributed by atoms with Crippen LogP contribution in [0.2, 0.25) is 0 Å². The highest BCUT2D eigenvalue weighted by Gasteiger charge is 2.52. The van der Waals surface area contributed by atoms with Crippen molar-refractivity contribution in [1.82, 2.24) is 0 Å². The SMILES string of the molecule is COc1c(C)cc([S+](c2ccccc2)c2ccccc2)cc1C.COc1ccc([S+](c2ccccc2)c2ccccc2)cc1.Cc1cc([S+](c2ccccc2)c2ccccc2)cc(C)c1O.Cc1cc([S+](c2ccccc2)c2ccccc2)cc(C)c1OC(=O)CC12CC3CC(CC(C3)C1)C2.Cc1cc([S+](c2ccccc2)c2ccccc2)cc(C)c1OCC(=O)O. The number of aliphatic carboxylic acids is 1. The average molecular weight is 1770 g/mol. The lowest BCUT2D eigenvalue weighted by Crippen LogP contribution is -2.47. The summed E-state index contributed by atoms with van der Waals surface area (Å²) in [6.07, 6.45) is 8.51. The fraction of sp³-hybridized carbons (Fsp3) is 0.193. The molecule has 642 valence electrons. The fourth-order valence-electron chi connectivity index (χ4n) is 18.2. The van der Waals surface area contributed by atoms with Crippen molar-refractivity contribution in [2.24, 2.45) is 23.2 Å². The van der Waals surface area contributed by atoms with E-state index >= 15 is 0 Å². The Hall–Kier alpha value is -11.8. The maximum absolute atomic E-state index is 13.2. The van der Waals surface area contributed by atoms with Crippen molar-refractivity contribution in [2.45, 2.75) is 174 Å². The third-order valence-electron chi connectivity index (χ3n) is 23.2. The number of hydrogen-bond acceptors (Lipinski definition) is 7. The minimum absolute atomic E-state index is 0.0315. The number of carbonyl (C=O) groups is 2. The van der Waals surface area contributed by atoms with Crippen LogP contribution in [-0.4, -0.2) is 43.0 Å². The van der Waals surface area contributed by atoms with Crippen molar-refractivity contribution in [1.29, 1.82) is 0 Å². The van der Waals surface area contributed by atoms with Crippen molar-refractivity contribution in [3.8, 4) is 28.7 Å². The van der Waals surface area contributed by atoms with Gasteiger partial charge >= 0.3 is 11.9 Å². The molecule has 0 radical (unpaired) electrons. The van der Waals surface area contributed by atoms with E-state index < -0.39 is 5.97 Å². The van der Waals surface area contributed by atoms with Gasteiger partial charge in [-0.2, -0.15) is 0 Å². The summed E-state index contributed by atoms with van der Waals surface area (Å²) >= 11 is 0. The summed E-state index contributed by atoms with van der Waals surface area (Å²) in [5, 5.41) is 18.9. The van der Waals surface area contributed by atoms with E-state index in [9.17, 15) is 14.7 Å². The molecule has 8 nitrogen and oxygen atoms in total. The molecule has 4 bridgehead atoms. The minimum Gasteiger partial charge on any atom is -0.507 e. The lowest BCUT2D eigenvalue weighted by Gasteiger charge is -2.56. The molecule has 0 aliphatic heterocycles. The Balaban J connectivity index is 0.000000130. The van der Waals surface area contributed by atoms with Crippen molar-refractivity contribution in [3.63, 3.8) is 0 Å². The zero-order valence-corrected chi connectivity index (χ0v) is 78.2. The van der Waals surface area contributed by atoms with Crippen LogP contribution in [0.3, 0.4) is 0 Å². The van der Waals surface area contributed by atoms with Crippen molar-refractivity contribution < 1.29 is 38.7 Å². The van der Waals surface area contributed by atoms with Crippen LogP contribution in [-0.2, 0) is 64.1 Å². The molecule has 4 aliphatic rings. The minimum atomic E-state index is -0.971. The maximum atomic E-state index is 13.2. The molecule has 0 heterocycles. The van der Waals surface area contributed by atoms with E-state index in [2.05, 4.69) is 367 Å². The van der Waals surface area contributed by atoms with Crippen molar-refractivity contribution >= 4 is 66.4 Å². The van der Waals surface area contributed by atoms with Gasteiger partial charge in [-0.05, 0) is 307 Å². The quantitative estimate of drug-likeness (QED) is 0.0370. The first-order chi connectivity index (χ1) is 61.8. The summed E-state index contributed by atoms with van der Waals surface area (Å²) < 4.78 is 22.4. The summed E-state index contributed by atoms with van der Waals surface area (Å²) in [5.74, 6) is 5.24. The van der Waals surface area contributed by atoms with Gasteiger partial charge in [0.15, 0.2) is 80.0 Å². The van der Waals surface area contributed by atoms with E-state index in [4.69, 9.17) is 24.1 Å². The van der Waals surface area contributed by atoms with Crippen molar-refractivity contribution in [2.75, 3.05) is 20.8 Å². The molecule has 0 unspecified atom stereocenters. The number of carboxylic acid groups (broad SMARTS) is 1. The third-order valence-corrected chi connectivity index (χ3v) is 34.2. The number of phenolic OH excluding ortho intramolecular Hbond substituents is 1. The maximum Gasteiger partial charge on any atom is 0.341 e. The lowest BCUT2D eigenvalue weighted by molar-refractivity contribution is -0.143. The Morgan fingerprint density at radius 2 is 0.512 bits per heavy atom. The van der Waals surface area contributed by atoms with Gasteiger partial charge in [0.25, 0.3) is 0 Å². The van der Waals surface area contributed by atoms with Crippen LogP contribution >= 0.6 is 0 Å². The molecule has 0 saturated heterocycles. The predicted octanol–water partition coefficient (Wildman–Crippen LogP) is 28.1. The highest BCUT2D eigenvalue weighted by molar-refractivity contribution is 7.98. The number of carbonyl (C=O) groups excluding carboxylic acids is 1. The number of aryl methyl sites for hydroxylation is 8. The van der Waals surface area contributed by atoms with E-state index in [0.29, 0.717) is 17.9 Å². The number of aromatic hydroxyl groups is 1. The summed E-state index contributed by atoms with van der Waals surface area (Å²) in [6.45, 7) is 15.9. The van der Waals surface area contributed by atoms with Gasteiger partial charge in [-0.3, -0.25) is 4.79 Å². The summed E-state index contributed by atoms with van der Waals surface area (Å²) in [5.41, 5.74) is 8.43. The van der Waals surface area contributed by atoms with Crippen LogP contribution < -0.4 is 18.9 Å². The number of methoxy groups -OCH3 is 2. The summed E-state index contributed by atoms with van der Waals surface area (Å²) in [4.78, 5) is 43.4. The molecule has 2 N–H and O–H groups in total. The normalized spacial score (nSPS) is 15.2. The van der Waals surface area contributed by atoms with Gasteiger partial charge < -0.3 is 29.2 Å². The molecule has 15 aromatic rings. The summed E-state index contributed by atoms with van der Waals surface area (Å²) in [6, 6.07) is 132. The number of carboxylic acids is 1. The van der Waals surface area contributed by atoms with E-state index in [-0.39, 0.29) is 72.5 Å². The molecule has 0 aromatic heterocycles. The Morgan fingerprint density at radius 1 is 0.291 bits per heavy atom. The topological polar surface area (TPSA) is 112 Å². The first-order valence-electron chi connectivity index (χ1n) is 43.4. The molecular formula is C114H113O8S5+5. The second kappa shape index (κ2) is 44.1. The van der Waals surface area contributed by atoms with Gasteiger partial charge in [-0.15, -0.1) is 0 Å². The number of hydrogen-bond donors (Lipinski definition) is 2. The van der Waals surface area contributed by atoms with Gasteiger partial charge in [-0.1, -0.05) is 182 Å². The summed E-state index contributed by atoms with van der Waals surface area (Å²) in [7, 11) is 2.67. The van der Waals surface area contributed by atoms with Crippen molar-refractivity contribution in [3.05, 3.63) is 421 Å². The Kier molecular flexibility index (Phi) is 31.7. The third kappa shape index (κ3) is 23.5. The Morgan fingerprint density at radius 3 is 0.748 bits per heavy atom. The molecule has 4 fully saturated rings. The molecule has 127 heavy (non-hydrogen) atoms. The number of phenols is 1. The molecule has 0 spiro atoms. The second-order valence-corrected chi connectivity index (χ2v) is 43.0. The zero-order valence-electron chi connectivity index (χ0n) is 74.1. The number of rotatable bonds is 23. The molecule has 13 heteroatoms. The van der Waals surface area contributed by atoms with Gasteiger partial charge in [0, 0.05) is 48.5 Å². The number of esters is 1. The molecular weight excluding hydrogens is 1660 g/mol. The lowest BCUT2D eigenvalue weighted by atomic mass is 9.49. The van der Waals surface area contributed by atoms with Crippen LogP contribution in [0.4, 0.5) is 0 Å². The van der Waals surface area contributed by atoms with Gasteiger partial charge in [0.2, 0.25) is 0 Å². The molecule has 4 aliphatic carbocycles. The monoisotopic (exact) mass is 1770 g/mol. The molecule has 0 amide bonds. The Bertz CT molecular complexity index is 5740. The largest absolute Gasteiger partial charge is 0.507 e. The number of benzene rings is 15. The van der Waals surface area contributed by atoms with Gasteiger partial charge in [0.1, 0.15) is 28.7 Å². The van der Waals surface area contributed by atoms with Crippen LogP contribution in [0.25, 0.3) is 0 Å². The van der Waals surface area contributed by atoms with Crippen LogP contribution in [0.15, 0.2) is 450 Å². The van der Waals surface area contributed by atoms with Gasteiger partial charge in [-0.25, -0.2) is 4.79 Å². The van der Waals surface area contributed by atoms with Gasteiger partial charge in [0.05, 0.1) is 75.1 Å². The van der Waals surface area contributed by atoms with E-state index in [1.54, 1.807) is 14.2 Å². The first-order valence-corrected chi connectivity index (χ1v) is 49.5. The average Bonchev–Trinajstić information content (AvgIpc) is 0.746. The predicted molar refractivity (Wildman–Crippen MR) is 524 cm³/mol. The molecule has 4 saturated carbocycles. The van der Waals surface area contributed by atoms with Crippen LogP contribution in [0, 0.1) is 78.6 Å². The Labute approximate surface area is 766 Å². The van der Waals surface area contributed by atoms with E-state index in [0.717, 1.165) is 68.4 Å². The second-order valence-electron chi connectivity index (χ2n) is 32.9. The number of ether oxygens (including phenoxy) is 4. The fourth-order valence-corrected chi connectivity index (χ4v) is 29.4. The zero-order chi connectivity index (χ0) is 88.8. The van der Waals surface area contributed by atoms with Crippen LogP contribution in [0.1, 0.15) is 89.5 Å². The highest BCUT2D eigenvalue weighted by atomic mass is 32.2. The highest BCUT2D eigenvalue weighted by Crippen LogP contribution is 2.61.